The number of benzene rings is 1. The third-order valence-electron chi connectivity index (χ3n) is 2.75. The van der Waals surface area contributed by atoms with Crippen molar-refractivity contribution in [3.8, 4) is 0 Å². The summed E-state index contributed by atoms with van der Waals surface area (Å²) in [4.78, 5) is 11.9. The van der Waals surface area contributed by atoms with Crippen LogP contribution in [0.25, 0.3) is 0 Å². The fourth-order valence-electron chi connectivity index (χ4n) is 1.68. The van der Waals surface area contributed by atoms with E-state index in [-0.39, 0.29) is 5.69 Å². The second kappa shape index (κ2) is 5.19. The number of hydrogen-bond donors (Lipinski definition) is 2. The van der Waals surface area contributed by atoms with Gasteiger partial charge in [0.1, 0.15) is 11.9 Å². The highest BCUT2D eigenvalue weighted by atomic mass is 19.1. The summed E-state index contributed by atoms with van der Waals surface area (Å²) in [6.45, 7) is 1.77. The SMILES string of the molecule is Cc1ccc(NC(=O)C(N)c2cnn(C)c2)c(F)c1. The first-order valence-corrected chi connectivity index (χ1v) is 5.78. The van der Waals surface area contributed by atoms with Crippen LogP contribution in [0.5, 0.6) is 0 Å². The molecule has 0 aliphatic rings. The zero-order valence-corrected chi connectivity index (χ0v) is 10.7. The first-order chi connectivity index (χ1) is 8.97. The van der Waals surface area contributed by atoms with E-state index in [2.05, 4.69) is 10.4 Å². The van der Waals surface area contributed by atoms with Crippen LogP contribution in [-0.4, -0.2) is 15.7 Å². The summed E-state index contributed by atoms with van der Waals surface area (Å²) in [5.74, 6) is -0.956. The summed E-state index contributed by atoms with van der Waals surface area (Å²) in [7, 11) is 1.73. The zero-order chi connectivity index (χ0) is 14.0. The van der Waals surface area contributed by atoms with Crippen LogP contribution in [0, 0.1) is 12.7 Å². The van der Waals surface area contributed by atoms with Gasteiger partial charge in [-0.2, -0.15) is 5.10 Å². The molecule has 0 spiro atoms. The van der Waals surface area contributed by atoms with Crippen LogP contribution in [0.15, 0.2) is 30.6 Å². The largest absolute Gasteiger partial charge is 0.322 e. The second-order valence-corrected chi connectivity index (χ2v) is 4.40. The number of anilines is 1. The Labute approximate surface area is 110 Å². The van der Waals surface area contributed by atoms with Gasteiger partial charge < -0.3 is 11.1 Å². The number of carbonyl (C=O) groups excluding carboxylic acids is 1. The molecular formula is C13H15FN4O. The summed E-state index contributed by atoms with van der Waals surface area (Å²) in [5.41, 5.74) is 7.27. The highest BCUT2D eigenvalue weighted by Gasteiger charge is 2.18. The average molecular weight is 262 g/mol. The standard InChI is InChI=1S/C13H15FN4O/c1-8-3-4-11(10(14)5-8)17-13(19)12(15)9-6-16-18(2)7-9/h3-7,12H,15H2,1-2H3,(H,17,19). The number of aromatic nitrogens is 2. The number of hydrogen-bond acceptors (Lipinski definition) is 3. The number of nitrogens with one attached hydrogen (secondary N) is 1. The normalized spacial score (nSPS) is 12.2. The van der Waals surface area contributed by atoms with Crippen molar-refractivity contribution in [2.24, 2.45) is 12.8 Å². The van der Waals surface area contributed by atoms with Crippen LogP contribution in [0.4, 0.5) is 10.1 Å². The number of halogens is 1. The van der Waals surface area contributed by atoms with Gasteiger partial charge >= 0.3 is 0 Å². The first kappa shape index (κ1) is 13.2. The van der Waals surface area contributed by atoms with Crippen molar-refractivity contribution in [3.05, 3.63) is 47.5 Å². The lowest BCUT2D eigenvalue weighted by Crippen LogP contribution is -2.27. The highest BCUT2D eigenvalue weighted by Crippen LogP contribution is 2.17. The van der Waals surface area contributed by atoms with Crippen molar-refractivity contribution >= 4 is 11.6 Å². The Morgan fingerprint density at radius 1 is 1.53 bits per heavy atom. The highest BCUT2D eigenvalue weighted by molar-refractivity contribution is 5.95. The van der Waals surface area contributed by atoms with E-state index in [1.54, 1.807) is 30.9 Å². The molecule has 0 saturated heterocycles. The van der Waals surface area contributed by atoms with Crippen LogP contribution in [-0.2, 0) is 11.8 Å². The molecule has 1 aromatic heterocycles. The summed E-state index contributed by atoms with van der Waals surface area (Å²) in [5, 5.41) is 6.41. The van der Waals surface area contributed by atoms with E-state index in [4.69, 9.17) is 5.73 Å². The summed E-state index contributed by atoms with van der Waals surface area (Å²) in [6, 6.07) is 3.70. The molecule has 0 aliphatic carbocycles. The van der Waals surface area contributed by atoms with Crippen molar-refractivity contribution in [1.82, 2.24) is 9.78 Å². The minimum Gasteiger partial charge on any atom is -0.322 e. The topological polar surface area (TPSA) is 72.9 Å². The number of aryl methyl sites for hydroxylation is 2. The van der Waals surface area contributed by atoms with Crippen molar-refractivity contribution < 1.29 is 9.18 Å². The number of rotatable bonds is 3. The second-order valence-electron chi connectivity index (χ2n) is 4.40. The van der Waals surface area contributed by atoms with Crippen LogP contribution < -0.4 is 11.1 Å². The Hall–Kier alpha value is -2.21. The fourth-order valence-corrected chi connectivity index (χ4v) is 1.68. The predicted molar refractivity (Wildman–Crippen MR) is 69.9 cm³/mol. The van der Waals surface area contributed by atoms with E-state index in [9.17, 15) is 9.18 Å². The Balaban J connectivity index is 2.12. The van der Waals surface area contributed by atoms with Gasteiger partial charge in [0.25, 0.3) is 0 Å². The van der Waals surface area contributed by atoms with Crippen molar-refractivity contribution in [1.29, 1.82) is 0 Å². The van der Waals surface area contributed by atoms with Gasteiger partial charge in [-0.15, -0.1) is 0 Å². The molecular weight excluding hydrogens is 247 g/mol. The lowest BCUT2D eigenvalue weighted by atomic mass is 10.1. The monoisotopic (exact) mass is 262 g/mol. The molecule has 1 unspecified atom stereocenters. The van der Waals surface area contributed by atoms with Gasteiger partial charge in [-0.3, -0.25) is 9.48 Å². The van der Waals surface area contributed by atoms with Gasteiger partial charge in [0.05, 0.1) is 11.9 Å². The molecule has 0 aliphatic heterocycles. The molecule has 1 amide bonds. The molecule has 0 bridgehead atoms. The maximum atomic E-state index is 13.6. The number of amides is 1. The molecule has 100 valence electrons. The van der Waals surface area contributed by atoms with Gasteiger partial charge in [0.15, 0.2) is 0 Å². The van der Waals surface area contributed by atoms with E-state index < -0.39 is 17.8 Å². The number of nitrogens with two attached hydrogens (primary N) is 1. The van der Waals surface area contributed by atoms with Crippen molar-refractivity contribution in [2.45, 2.75) is 13.0 Å². The van der Waals surface area contributed by atoms with Gasteiger partial charge in [-0.05, 0) is 24.6 Å². The minimum atomic E-state index is -0.880. The van der Waals surface area contributed by atoms with Crippen molar-refractivity contribution in [2.75, 3.05) is 5.32 Å². The third kappa shape index (κ3) is 2.97. The molecule has 0 fully saturated rings. The van der Waals surface area contributed by atoms with Crippen LogP contribution in [0.2, 0.25) is 0 Å². The average Bonchev–Trinajstić information content (AvgIpc) is 2.78. The number of carbonyl (C=O) groups is 1. The lowest BCUT2D eigenvalue weighted by molar-refractivity contribution is -0.117. The van der Waals surface area contributed by atoms with Gasteiger partial charge in [0.2, 0.25) is 5.91 Å². The Morgan fingerprint density at radius 2 is 2.26 bits per heavy atom. The molecule has 1 heterocycles. The molecule has 2 rings (SSSR count). The van der Waals surface area contributed by atoms with E-state index in [0.29, 0.717) is 5.56 Å². The van der Waals surface area contributed by atoms with E-state index in [0.717, 1.165) is 5.56 Å². The van der Waals surface area contributed by atoms with E-state index in [1.807, 2.05) is 0 Å². The van der Waals surface area contributed by atoms with Crippen molar-refractivity contribution in [3.63, 3.8) is 0 Å². The molecule has 2 aromatic rings. The fraction of sp³-hybridized carbons (Fsp3) is 0.231. The Bertz CT molecular complexity index is 608. The summed E-state index contributed by atoms with van der Waals surface area (Å²) < 4.78 is 15.2. The molecule has 6 heteroatoms. The first-order valence-electron chi connectivity index (χ1n) is 5.78. The Kier molecular flexibility index (Phi) is 3.62. The predicted octanol–water partition coefficient (Wildman–Crippen LogP) is 1.51. The lowest BCUT2D eigenvalue weighted by Gasteiger charge is -2.11. The summed E-state index contributed by atoms with van der Waals surface area (Å²) in [6.07, 6.45) is 3.16. The quantitative estimate of drug-likeness (QED) is 0.880. The van der Waals surface area contributed by atoms with Gasteiger partial charge in [-0.25, -0.2) is 4.39 Å². The van der Waals surface area contributed by atoms with E-state index >= 15 is 0 Å². The molecule has 3 N–H and O–H groups in total. The third-order valence-corrected chi connectivity index (χ3v) is 2.75. The maximum Gasteiger partial charge on any atom is 0.246 e. The van der Waals surface area contributed by atoms with Gasteiger partial charge in [0, 0.05) is 18.8 Å². The van der Waals surface area contributed by atoms with Crippen LogP contribution >= 0.6 is 0 Å². The molecule has 0 radical (unpaired) electrons. The minimum absolute atomic E-state index is 0.120. The zero-order valence-electron chi connectivity index (χ0n) is 10.7. The molecule has 5 nitrogen and oxygen atoms in total. The molecule has 1 aromatic carbocycles. The molecule has 1 atom stereocenters. The smallest absolute Gasteiger partial charge is 0.246 e. The Morgan fingerprint density at radius 3 is 2.84 bits per heavy atom. The molecule has 19 heavy (non-hydrogen) atoms. The number of nitrogens with zero attached hydrogens (tertiary/aromatic N) is 2. The van der Waals surface area contributed by atoms with Crippen LogP contribution in [0.1, 0.15) is 17.2 Å². The summed E-state index contributed by atoms with van der Waals surface area (Å²) >= 11 is 0. The maximum absolute atomic E-state index is 13.6. The molecule has 0 saturated carbocycles. The van der Waals surface area contributed by atoms with Crippen LogP contribution in [0.3, 0.4) is 0 Å². The van der Waals surface area contributed by atoms with E-state index in [1.165, 1.54) is 18.3 Å². The van der Waals surface area contributed by atoms with Gasteiger partial charge in [-0.1, -0.05) is 6.07 Å².